The van der Waals surface area contributed by atoms with Gasteiger partial charge in [-0.15, -0.1) is 0 Å². The fourth-order valence-electron chi connectivity index (χ4n) is 0.880. The Labute approximate surface area is 95.1 Å². The molecule has 0 saturated carbocycles. The average Bonchev–Trinajstić information content (AvgIpc) is 2.15. The van der Waals surface area contributed by atoms with E-state index in [9.17, 15) is 4.79 Å². The molecule has 1 heterocycles. The quantitative estimate of drug-likeness (QED) is 0.819. The van der Waals surface area contributed by atoms with Crippen molar-refractivity contribution in [2.75, 3.05) is 6.61 Å². The molecular formula is C9H11NO3Zn. The zero-order valence-electron chi connectivity index (χ0n) is 8.06. The first-order valence-electron chi connectivity index (χ1n) is 4.06. The van der Waals surface area contributed by atoms with Gasteiger partial charge >= 0.3 is 5.97 Å². The number of carbonyl (C=O) groups is 1. The van der Waals surface area contributed by atoms with Gasteiger partial charge in [-0.1, -0.05) is 6.92 Å². The first-order chi connectivity index (χ1) is 6.25. The molecule has 0 atom stereocenters. The Balaban J connectivity index is 0.00000169. The number of carboxylic acid groups (broad SMARTS) is 1. The van der Waals surface area contributed by atoms with E-state index in [0.29, 0.717) is 12.4 Å². The van der Waals surface area contributed by atoms with Crippen LogP contribution in [-0.4, -0.2) is 22.7 Å². The molecule has 0 spiro atoms. The maximum absolute atomic E-state index is 10.6. The number of hydrogen-bond donors (Lipinski definition) is 1. The van der Waals surface area contributed by atoms with Crippen LogP contribution in [0.2, 0.25) is 0 Å². The predicted octanol–water partition coefficient (Wildman–Crippen LogP) is 1.57. The summed E-state index contributed by atoms with van der Waals surface area (Å²) in [7, 11) is 0. The summed E-state index contributed by atoms with van der Waals surface area (Å²) < 4.78 is 5.20. The number of ether oxygens (including phenoxy) is 1. The van der Waals surface area contributed by atoms with E-state index in [-0.39, 0.29) is 25.2 Å². The monoisotopic (exact) mass is 245 g/mol. The zero-order valence-corrected chi connectivity index (χ0v) is 11.0. The number of pyridine rings is 1. The number of rotatable bonds is 4. The number of nitrogens with zero attached hydrogens (tertiary/aromatic N) is 1. The fraction of sp³-hybridized carbons (Fsp3) is 0.333. The maximum atomic E-state index is 10.6. The molecule has 0 amide bonds. The second kappa shape index (κ2) is 6.49. The summed E-state index contributed by atoms with van der Waals surface area (Å²) in [5, 5.41) is 8.72. The van der Waals surface area contributed by atoms with Gasteiger partial charge in [-0.05, 0) is 18.6 Å². The standard InChI is InChI=1S/C9H11NO3.Zn/c1-2-6-13-7-4-3-5-10-8(7)9(11)12;/h3-5H,2,6H2,1H3,(H,11,12);. The van der Waals surface area contributed by atoms with Gasteiger partial charge in [-0.3, -0.25) is 0 Å². The molecule has 5 heteroatoms. The smallest absolute Gasteiger partial charge is 0.358 e. The van der Waals surface area contributed by atoms with Crippen molar-refractivity contribution in [1.82, 2.24) is 4.98 Å². The first-order valence-corrected chi connectivity index (χ1v) is 4.06. The third kappa shape index (κ3) is 3.42. The van der Waals surface area contributed by atoms with Gasteiger partial charge in [0.2, 0.25) is 0 Å². The molecule has 1 aromatic rings. The molecule has 0 aliphatic carbocycles. The van der Waals surface area contributed by atoms with E-state index in [1.807, 2.05) is 6.92 Å². The Hall–Kier alpha value is -0.957. The largest absolute Gasteiger partial charge is 0.491 e. The summed E-state index contributed by atoms with van der Waals surface area (Å²) in [5.41, 5.74) is -0.0315. The van der Waals surface area contributed by atoms with Crippen LogP contribution in [0.15, 0.2) is 18.3 Å². The van der Waals surface area contributed by atoms with E-state index in [0.717, 1.165) is 6.42 Å². The number of hydrogen-bond acceptors (Lipinski definition) is 3. The van der Waals surface area contributed by atoms with Gasteiger partial charge in [-0.2, -0.15) is 0 Å². The van der Waals surface area contributed by atoms with Crippen LogP contribution in [0, 0.1) is 0 Å². The fourth-order valence-corrected chi connectivity index (χ4v) is 0.880. The summed E-state index contributed by atoms with van der Waals surface area (Å²) in [6, 6.07) is 3.25. The van der Waals surface area contributed by atoms with Crippen LogP contribution in [-0.2, 0) is 19.5 Å². The second-order valence-electron chi connectivity index (χ2n) is 2.50. The molecule has 1 aromatic heterocycles. The molecule has 0 radical (unpaired) electrons. The third-order valence-electron chi connectivity index (χ3n) is 1.43. The Bertz CT molecular complexity index is 304. The third-order valence-corrected chi connectivity index (χ3v) is 1.43. The summed E-state index contributed by atoms with van der Waals surface area (Å²) in [6.07, 6.45) is 2.27. The van der Waals surface area contributed by atoms with E-state index in [1.165, 1.54) is 6.20 Å². The minimum absolute atomic E-state index is 0. The van der Waals surface area contributed by atoms with E-state index >= 15 is 0 Å². The van der Waals surface area contributed by atoms with Crippen LogP contribution in [0.25, 0.3) is 0 Å². The summed E-state index contributed by atoms with van der Waals surface area (Å²) >= 11 is 0. The van der Waals surface area contributed by atoms with Crippen LogP contribution in [0.3, 0.4) is 0 Å². The Morgan fingerprint density at radius 2 is 2.36 bits per heavy atom. The van der Waals surface area contributed by atoms with Crippen molar-refractivity contribution in [3.05, 3.63) is 24.0 Å². The van der Waals surface area contributed by atoms with Crippen LogP contribution >= 0.6 is 0 Å². The van der Waals surface area contributed by atoms with Crippen molar-refractivity contribution in [2.45, 2.75) is 13.3 Å². The molecule has 0 aliphatic rings. The van der Waals surface area contributed by atoms with Crippen LogP contribution < -0.4 is 4.74 Å². The molecule has 0 aliphatic heterocycles. The Morgan fingerprint density at radius 1 is 1.64 bits per heavy atom. The topological polar surface area (TPSA) is 59.4 Å². The summed E-state index contributed by atoms with van der Waals surface area (Å²) in [5.74, 6) is -0.733. The van der Waals surface area contributed by atoms with Gasteiger partial charge < -0.3 is 9.84 Å². The van der Waals surface area contributed by atoms with Crippen molar-refractivity contribution >= 4 is 5.97 Å². The Morgan fingerprint density at radius 3 is 2.93 bits per heavy atom. The van der Waals surface area contributed by atoms with Crippen molar-refractivity contribution < 1.29 is 34.1 Å². The second-order valence-corrected chi connectivity index (χ2v) is 2.50. The SMILES string of the molecule is CCCOc1cccnc1C(=O)O.[Zn]. The van der Waals surface area contributed by atoms with Crippen LogP contribution in [0.1, 0.15) is 23.8 Å². The molecule has 72 valence electrons. The summed E-state index contributed by atoms with van der Waals surface area (Å²) in [4.78, 5) is 14.3. The molecule has 1 N–H and O–H groups in total. The molecular weight excluding hydrogens is 235 g/mol. The van der Waals surface area contributed by atoms with Crippen molar-refractivity contribution in [1.29, 1.82) is 0 Å². The molecule has 0 aromatic carbocycles. The molecule has 1 rings (SSSR count). The maximum Gasteiger partial charge on any atom is 0.358 e. The van der Waals surface area contributed by atoms with E-state index in [2.05, 4.69) is 4.98 Å². The molecule has 0 unspecified atom stereocenters. The molecule has 0 bridgehead atoms. The summed E-state index contributed by atoms with van der Waals surface area (Å²) in [6.45, 7) is 2.46. The molecule has 14 heavy (non-hydrogen) atoms. The van der Waals surface area contributed by atoms with Gasteiger partial charge in [-0.25, -0.2) is 9.78 Å². The predicted molar refractivity (Wildman–Crippen MR) is 47.0 cm³/mol. The Kier molecular flexibility index (Phi) is 6.05. The van der Waals surface area contributed by atoms with Crippen molar-refractivity contribution in [3.63, 3.8) is 0 Å². The van der Waals surface area contributed by atoms with Crippen LogP contribution in [0.5, 0.6) is 5.75 Å². The molecule has 4 nitrogen and oxygen atoms in total. The average molecular weight is 247 g/mol. The van der Waals surface area contributed by atoms with Crippen molar-refractivity contribution in [2.24, 2.45) is 0 Å². The van der Waals surface area contributed by atoms with Gasteiger partial charge in [0.25, 0.3) is 0 Å². The normalized spacial score (nSPS) is 8.93. The van der Waals surface area contributed by atoms with Crippen molar-refractivity contribution in [3.8, 4) is 5.75 Å². The molecule has 0 fully saturated rings. The zero-order chi connectivity index (χ0) is 9.68. The number of aromatic carboxylic acids is 1. The van der Waals surface area contributed by atoms with Gasteiger partial charge in [0.05, 0.1) is 6.61 Å². The van der Waals surface area contributed by atoms with E-state index in [4.69, 9.17) is 9.84 Å². The minimum Gasteiger partial charge on any atom is -0.491 e. The van der Waals surface area contributed by atoms with E-state index < -0.39 is 5.97 Å². The minimum atomic E-state index is -1.06. The van der Waals surface area contributed by atoms with Crippen LogP contribution in [0.4, 0.5) is 0 Å². The number of carboxylic acids is 1. The van der Waals surface area contributed by atoms with Gasteiger partial charge in [0.1, 0.15) is 0 Å². The van der Waals surface area contributed by atoms with E-state index in [1.54, 1.807) is 12.1 Å². The first kappa shape index (κ1) is 13.0. The van der Waals surface area contributed by atoms with Gasteiger partial charge in [0.15, 0.2) is 11.4 Å². The molecule has 0 saturated heterocycles. The van der Waals surface area contributed by atoms with Gasteiger partial charge in [0, 0.05) is 25.7 Å². The number of aromatic nitrogens is 1.